The number of nitrogens with one attached hydrogen (secondary N) is 1. The van der Waals surface area contributed by atoms with E-state index >= 15 is 0 Å². The van der Waals surface area contributed by atoms with Crippen molar-refractivity contribution in [1.82, 2.24) is 10.2 Å². The van der Waals surface area contributed by atoms with Gasteiger partial charge in [-0.25, -0.2) is 0 Å². The molecule has 2 saturated carbocycles. The van der Waals surface area contributed by atoms with Crippen molar-refractivity contribution in [2.45, 2.75) is 44.6 Å². The summed E-state index contributed by atoms with van der Waals surface area (Å²) in [5, 5.41) is 12.6. The van der Waals surface area contributed by atoms with Crippen molar-refractivity contribution in [2.24, 2.45) is 17.8 Å². The van der Waals surface area contributed by atoms with Crippen molar-refractivity contribution >= 4 is 11.8 Å². The van der Waals surface area contributed by atoms with Gasteiger partial charge >= 0.3 is 0 Å². The molecule has 2 bridgehead atoms. The molecule has 0 aromatic carbocycles. The van der Waals surface area contributed by atoms with E-state index in [-0.39, 0.29) is 36.9 Å². The molecule has 3 fully saturated rings. The Kier molecular flexibility index (Phi) is 3.96. The van der Waals surface area contributed by atoms with E-state index in [9.17, 15) is 14.7 Å². The number of piperidine rings is 1. The van der Waals surface area contributed by atoms with E-state index in [1.807, 2.05) is 0 Å². The van der Waals surface area contributed by atoms with Gasteiger partial charge in [0.1, 0.15) is 0 Å². The lowest BCUT2D eigenvalue weighted by Crippen LogP contribution is -2.50. The molecule has 4 unspecified atom stereocenters. The van der Waals surface area contributed by atoms with Gasteiger partial charge in [-0.1, -0.05) is 0 Å². The second-order valence-corrected chi connectivity index (χ2v) is 6.55. The van der Waals surface area contributed by atoms with E-state index in [1.165, 1.54) is 6.42 Å². The molecule has 0 spiro atoms. The SMILES string of the molecule is O=C(CN1CCCCC1=O)NC1C2CCC(C2)C1CO. The standard InChI is InChI=1S/C15H24N2O3/c18-9-12-10-4-5-11(7-10)15(12)16-13(19)8-17-6-2-1-3-14(17)20/h10-12,15,18H,1-9H2,(H,16,19). The van der Waals surface area contributed by atoms with Crippen LogP contribution in [0.15, 0.2) is 0 Å². The van der Waals surface area contributed by atoms with Crippen molar-refractivity contribution in [1.29, 1.82) is 0 Å². The predicted octanol–water partition coefficient (Wildman–Crippen LogP) is 0.522. The van der Waals surface area contributed by atoms with Crippen LogP contribution in [0.1, 0.15) is 38.5 Å². The van der Waals surface area contributed by atoms with Crippen LogP contribution in [0.2, 0.25) is 0 Å². The highest BCUT2D eigenvalue weighted by Crippen LogP contribution is 2.48. The van der Waals surface area contributed by atoms with Gasteiger partial charge in [-0.2, -0.15) is 0 Å². The molecule has 0 radical (unpaired) electrons. The minimum absolute atomic E-state index is 0.0590. The third-order valence-electron chi connectivity index (χ3n) is 5.38. The third-order valence-corrected chi connectivity index (χ3v) is 5.38. The van der Waals surface area contributed by atoms with Gasteiger partial charge in [-0.05, 0) is 43.9 Å². The summed E-state index contributed by atoms with van der Waals surface area (Å²) in [4.78, 5) is 25.6. The van der Waals surface area contributed by atoms with Gasteiger partial charge in [-0.3, -0.25) is 9.59 Å². The lowest BCUT2D eigenvalue weighted by Gasteiger charge is -2.32. The number of carbonyl (C=O) groups is 2. The highest BCUT2D eigenvalue weighted by atomic mass is 16.3. The monoisotopic (exact) mass is 280 g/mol. The molecule has 1 heterocycles. The Morgan fingerprint density at radius 2 is 2.10 bits per heavy atom. The summed E-state index contributed by atoms with van der Waals surface area (Å²) >= 11 is 0. The van der Waals surface area contributed by atoms with Crippen molar-refractivity contribution < 1.29 is 14.7 Å². The molecule has 3 rings (SSSR count). The topological polar surface area (TPSA) is 69.6 Å². The number of aliphatic hydroxyl groups excluding tert-OH is 1. The first-order chi connectivity index (χ1) is 9.69. The molecule has 112 valence electrons. The molecule has 5 nitrogen and oxygen atoms in total. The maximum Gasteiger partial charge on any atom is 0.239 e. The van der Waals surface area contributed by atoms with Crippen LogP contribution in [0.5, 0.6) is 0 Å². The minimum atomic E-state index is -0.0590. The Labute approximate surface area is 119 Å². The molecule has 20 heavy (non-hydrogen) atoms. The number of rotatable bonds is 4. The number of hydrogen-bond donors (Lipinski definition) is 2. The minimum Gasteiger partial charge on any atom is -0.396 e. The molecule has 1 aliphatic heterocycles. The zero-order valence-electron chi connectivity index (χ0n) is 11.9. The van der Waals surface area contributed by atoms with Crippen LogP contribution in [0, 0.1) is 17.8 Å². The van der Waals surface area contributed by atoms with Gasteiger partial charge in [-0.15, -0.1) is 0 Å². The van der Waals surface area contributed by atoms with Crippen molar-refractivity contribution in [3.63, 3.8) is 0 Å². The molecule has 4 atom stereocenters. The van der Waals surface area contributed by atoms with Crippen LogP contribution in [0.3, 0.4) is 0 Å². The molecule has 5 heteroatoms. The number of carbonyl (C=O) groups excluding carboxylic acids is 2. The summed E-state index contributed by atoms with van der Waals surface area (Å²) in [5.74, 6) is 1.36. The summed E-state index contributed by atoms with van der Waals surface area (Å²) in [6, 6.07) is 0.117. The molecule has 2 N–H and O–H groups in total. The van der Waals surface area contributed by atoms with Gasteiger partial charge in [0.05, 0.1) is 6.54 Å². The van der Waals surface area contributed by atoms with Crippen molar-refractivity contribution in [2.75, 3.05) is 19.7 Å². The van der Waals surface area contributed by atoms with Crippen molar-refractivity contribution in [3.05, 3.63) is 0 Å². The summed E-state index contributed by atoms with van der Waals surface area (Å²) in [6.45, 7) is 1.05. The highest BCUT2D eigenvalue weighted by molar-refractivity contribution is 5.85. The van der Waals surface area contributed by atoms with E-state index in [0.29, 0.717) is 24.8 Å². The molecule has 0 aromatic rings. The maximum atomic E-state index is 12.2. The lowest BCUT2D eigenvalue weighted by molar-refractivity contribution is -0.138. The van der Waals surface area contributed by atoms with Gasteiger partial charge in [0.2, 0.25) is 11.8 Å². The first-order valence-corrected chi connectivity index (χ1v) is 7.87. The smallest absolute Gasteiger partial charge is 0.239 e. The lowest BCUT2D eigenvalue weighted by atomic mass is 9.85. The van der Waals surface area contributed by atoms with E-state index in [1.54, 1.807) is 4.90 Å². The highest BCUT2D eigenvalue weighted by Gasteiger charge is 2.47. The maximum absolute atomic E-state index is 12.2. The zero-order chi connectivity index (χ0) is 14.1. The van der Waals surface area contributed by atoms with Gasteiger partial charge < -0.3 is 15.3 Å². The molecule has 2 amide bonds. The number of nitrogens with zero attached hydrogens (tertiary/aromatic N) is 1. The molecule has 0 aromatic heterocycles. The average Bonchev–Trinajstić information content (AvgIpc) is 3.02. The van der Waals surface area contributed by atoms with Crippen LogP contribution in [0.25, 0.3) is 0 Å². The van der Waals surface area contributed by atoms with Gasteiger partial charge in [0.25, 0.3) is 0 Å². The summed E-state index contributed by atoms with van der Waals surface area (Å²) < 4.78 is 0. The Hall–Kier alpha value is -1.10. The Bertz CT molecular complexity index is 399. The molecular formula is C15H24N2O3. The first-order valence-electron chi connectivity index (χ1n) is 7.87. The van der Waals surface area contributed by atoms with Crippen LogP contribution >= 0.6 is 0 Å². The fraction of sp³-hybridized carbons (Fsp3) is 0.867. The van der Waals surface area contributed by atoms with Gasteiger partial charge in [0.15, 0.2) is 0 Å². The molecule has 1 saturated heterocycles. The number of likely N-dealkylation sites (tertiary alicyclic amines) is 1. The summed E-state index contributed by atoms with van der Waals surface area (Å²) in [7, 11) is 0. The number of hydrogen-bond acceptors (Lipinski definition) is 3. The fourth-order valence-corrected chi connectivity index (χ4v) is 4.33. The number of fused-ring (bicyclic) bond motifs is 2. The van der Waals surface area contributed by atoms with Crippen LogP contribution < -0.4 is 5.32 Å². The molecule has 2 aliphatic carbocycles. The zero-order valence-corrected chi connectivity index (χ0v) is 11.9. The van der Waals surface area contributed by atoms with Crippen LogP contribution in [-0.2, 0) is 9.59 Å². The number of amides is 2. The van der Waals surface area contributed by atoms with E-state index in [2.05, 4.69) is 5.32 Å². The first kappa shape index (κ1) is 13.9. The van der Waals surface area contributed by atoms with Crippen molar-refractivity contribution in [3.8, 4) is 0 Å². The largest absolute Gasteiger partial charge is 0.396 e. The second kappa shape index (κ2) is 5.72. The van der Waals surface area contributed by atoms with Crippen LogP contribution in [-0.4, -0.2) is 47.6 Å². The summed E-state index contributed by atoms with van der Waals surface area (Å²) in [6.07, 6.45) is 5.99. The van der Waals surface area contributed by atoms with E-state index in [0.717, 1.165) is 25.7 Å². The third kappa shape index (κ3) is 2.55. The molecular weight excluding hydrogens is 256 g/mol. The normalized spacial score (nSPS) is 36.5. The Morgan fingerprint density at radius 1 is 1.30 bits per heavy atom. The van der Waals surface area contributed by atoms with E-state index in [4.69, 9.17) is 0 Å². The predicted molar refractivity (Wildman–Crippen MR) is 73.8 cm³/mol. The Balaban J connectivity index is 1.54. The Morgan fingerprint density at radius 3 is 2.85 bits per heavy atom. The molecule has 3 aliphatic rings. The quantitative estimate of drug-likeness (QED) is 0.789. The average molecular weight is 280 g/mol. The fourth-order valence-electron chi connectivity index (χ4n) is 4.33. The second-order valence-electron chi connectivity index (χ2n) is 6.55. The number of aliphatic hydroxyl groups is 1. The van der Waals surface area contributed by atoms with E-state index < -0.39 is 0 Å². The van der Waals surface area contributed by atoms with Gasteiger partial charge in [0, 0.05) is 31.5 Å². The van der Waals surface area contributed by atoms with Crippen LogP contribution in [0.4, 0.5) is 0 Å². The summed E-state index contributed by atoms with van der Waals surface area (Å²) in [5.41, 5.74) is 0.